The topological polar surface area (TPSA) is 80.9 Å². The fraction of sp³-hybridized carbons (Fsp3) is 0. The molecule has 0 aliphatic rings. The molecule has 0 atom stereocenters. The van der Waals surface area contributed by atoms with E-state index in [0.29, 0.717) is 0 Å². The van der Waals surface area contributed by atoms with Crippen molar-refractivity contribution in [3.05, 3.63) is 24.3 Å². The Morgan fingerprint density at radius 1 is 0.909 bits per heavy atom. The Hall–Kier alpha value is -1.20. The second kappa shape index (κ2) is 5.58. The smallest absolute Gasteiger partial charge is 0.482 e. The van der Waals surface area contributed by atoms with Gasteiger partial charge in [-0.05, 0) is 12.1 Å². The molecule has 11 heavy (non-hydrogen) atoms. The molecule has 59 valence electrons. The third kappa shape index (κ3) is 4.24. The summed E-state index contributed by atoms with van der Waals surface area (Å²) in [7, 11) is 0. The van der Waals surface area contributed by atoms with Crippen molar-refractivity contribution in [2.45, 2.75) is 0 Å². The first-order valence-electron chi connectivity index (χ1n) is 2.79. The van der Waals surface area contributed by atoms with Crippen LogP contribution in [-0.2, 0) is 0 Å². The molecule has 1 aromatic rings. The Bertz CT molecular complexity index is 183. The average Bonchev–Trinajstić information content (AvgIpc) is 1.97. The molecule has 0 fully saturated rings. The summed E-state index contributed by atoms with van der Waals surface area (Å²) in [6.45, 7) is 0. The van der Waals surface area contributed by atoms with Crippen LogP contribution in [0.25, 0.3) is 0 Å². The highest BCUT2D eigenvalue weighted by atomic mass is 16.4. The van der Waals surface area contributed by atoms with E-state index in [1.165, 1.54) is 12.1 Å². The quantitative estimate of drug-likeness (QED) is 0.303. The number of phenolic OH excluding ortho intramolecular Hbond substituents is 2. The maximum Gasteiger partial charge on any atom is 0.482 e. The molecule has 1 aromatic carbocycles. The maximum atomic E-state index is 8.67. The zero-order valence-corrected chi connectivity index (χ0v) is 5.68. The SMILES string of the molecule is O[B]O.Oc1ccccc1O. The lowest BCUT2D eigenvalue weighted by atomic mass is 10.3. The lowest BCUT2D eigenvalue weighted by molar-refractivity contribution is 0.404. The van der Waals surface area contributed by atoms with E-state index in [2.05, 4.69) is 0 Å². The molecule has 4 nitrogen and oxygen atoms in total. The van der Waals surface area contributed by atoms with Gasteiger partial charge in [-0.15, -0.1) is 0 Å². The number of benzene rings is 1. The van der Waals surface area contributed by atoms with Crippen LogP contribution in [-0.4, -0.2) is 27.9 Å². The van der Waals surface area contributed by atoms with Crippen LogP contribution in [0.5, 0.6) is 11.5 Å². The second-order valence-electron chi connectivity index (χ2n) is 1.60. The first-order chi connectivity index (χ1) is 5.22. The summed E-state index contributed by atoms with van der Waals surface area (Å²) in [4.78, 5) is 0. The molecule has 0 aliphatic carbocycles. The molecule has 0 saturated carbocycles. The summed E-state index contributed by atoms with van der Waals surface area (Å²) in [5.41, 5.74) is 0. The van der Waals surface area contributed by atoms with Crippen LogP contribution in [0.3, 0.4) is 0 Å². The standard InChI is InChI=1S/C6H6O2.BH2O2/c7-5-3-1-2-4-6(5)8;2-1-3/h1-4,7-8H;2-3H. The summed E-state index contributed by atoms with van der Waals surface area (Å²) in [6, 6.07) is 6.15. The second-order valence-corrected chi connectivity index (χ2v) is 1.60. The van der Waals surface area contributed by atoms with Gasteiger partial charge in [0.2, 0.25) is 0 Å². The number of para-hydroxylation sites is 2. The minimum Gasteiger partial charge on any atom is -0.504 e. The molecule has 0 spiro atoms. The summed E-state index contributed by atoms with van der Waals surface area (Å²) in [6.07, 6.45) is 0. The number of phenols is 2. The normalized spacial score (nSPS) is 7.82. The van der Waals surface area contributed by atoms with E-state index < -0.39 is 0 Å². The highest BCUT2D eigenvalue weighted by Gasteiger charge is 1.90. The first kappa shape index (κ1) is 9.80. The van der Waals surface area contributed by atoms with Crippen molar-refractivity contribution in [3.8, 4) is 11.5 Å². The fourth-order valence-electron chi connectivity index (χ4n) is 0.464. The molecule has 0 amide bonds. The number of hydrogen-bond donors (Lipinski definition) is 4. The van der Waals surface area contributed by atoms with Crippen molar-refractivity contribution in [2.75, 3.05) is 0 Å². The molecule has 5 heteroatoms. The molecule has 4 N–H and O–H groups in total. The Balaban J connectivity index is 0.000000292. The average molecular weight is 155 g/mol. The zero-order valence-electron chi connectivity index (χ0n) is 5.68. The minimum atomic E-state index is -0.0764. The molecular weight excluding hydrogens is 147 g/mol. The molecule has 0 heterocycles. The highest BCUT2D eigenvalue weighted by molar-refractivity contribution is 6.13. The van der Waals surface area contributed by atoms with Gasteiger partial charge in [0.1, 0.15) is 0 Å². The summed E-state index contributed by atoms with van der Waals surface area (Å²) in [5.74, 6) is -0.153. The van der Waals surface area contributed by atoms with Gasteiger partial charge in [0, 0.05) is 0 Å². The molecule has 0 aromatic heterocycles. The van der Waals surface area contributed by atoms with Crippen LogP contribution < -0.4 is 0 Å². The summed E-state index contributed by atoms with van der Waals surface area (Å²) >= 11 is 0. The summed E-state index contributed by atoms with van der Waals surface area (Å²) in [5, 5.41) is 31.3. The molecule has 0 saturated heterocycles. The molecule has 1 radical (unpaired) electrons. The minimum absolute atomic E-state index is 0. The van der Waals surface area contributed by atoms with Gasteiger partial charge in [-0.3, -0.25) is 0 Å². The van der Waals surface area contributed by atoms with Crippen molar-refractivity contribution in [1.82, 2.24) is 0 Å². The zero-order chi connectivity index (χ0) is 8.69. The van der Waals surface area contributed by atoms with Crippen LogP contribution in [0.4, 0.5) is 0 Å². The Morgan fingerprint density at radius 2 is 1.18 bits per heavy atom. The van der Waals surface area contributed by atoms with Gasteiger partial charge in [-0.1, -0.05) is 12.1 Å². The van der Waals surface area contributed by atoms with Crippen molar-refractivity contribution in [3.63, 3.8) is 0 Å². The fourth-order valence-corrected chi connectivity index (χ4v) is 0.464. The first-order valence-corrected chi connectivity index (χ1v) is 2.79. The van der Waals surface area contributed by atoms with Crippen LogP contribution in [0.1, 0.15) is 0 Å². The molecule has 1 rings (SSSR count). The molecule has 0 aliphatic heterocycles. The van der Waals surface area contributed by atoms with E-state index in [0.717, 1.165) is 0 Å². The van der Waals surface area contributed by atoms with E-state index >= 15 is 0 Å². The van der Waals surface area contributed by atoms with Crippen molar-refractivity contribution >= 4 is 7.69 Å². The van der Waals surface area contributed by atoms with Crippen LogP contribution in [0.2, 0.25) is 0 Å². The lowest BCUT2D eigenvalue weighted by Crippen LogP contribution is -1.75. The Morgan fingerprint density at radius 3 is 1.36 bits per heavy atom. The van der Waals surface area contributed by atoms with E-state index in [1.807, 2.05) is 0 Å². The highest BCUT2D eigenvalue weighted by Crippen LogP contribution is 2.21. The monoisotopic (exact) mass is 155 g/mol. The predicted molar refractivity (Wildman–Crippen MR) is 40.0 cm³/mol. The third-order valence-electron chi connectivity index (χ3n) is 0.882. The van der Waals surface area contributed by atoms with E-state index in [1.54, 1.807) is 12.1 Å². The number of rotatable bonds is 0. The molecule has 0 bridgehead atoms. The molecular formula is C6H8BO4. The lowest BCUT2D eigenvalue weighted by Gasteiger charge is -1.91. The van der Waals surface area contributed by atoms with Gasteiger partial charge >= 0.3 is 7.69 Å². The van der Waals surface area contributed by atoms with E-state index in [9.17, 15) is 0 Å². The van der Waals surface area contributed by atoms with Crippen molar-refractivity contribution < 1.29 is 20.3 Å². The Labute approximate surface area is 64.7 Å². The largest absolute Gasteiger partial charge is 0.504 e. The van der Waals surface area contributed by atoms with Gasteiger partial charge in [0.05, 0.1) is 0 Å². The van der Waals surface area contributed by atoms with Crippen LogP contribution >= 0.6 is 0 Å². The van der Waals surface area contributed by atoms with Gasteiger partial charge in [-0.2, -0.15) is 0 Å². The van der Waals surface area contributed by atoms with Crippen LogP contribution in [0, 0.1) is 0 Å². The third-order valence-corrected chi connectivity index (χ3v) is 0.882. The maximum absolute atomic E-state index is 8.67. The van der Waals surface area contributed by atoms with Gasteiger partial charge in [-0.25, -0.2) is 0 Å². The number of aromatic hydroxyl groups is 2. The van der Waals surface area contributed by atoms with Gasteiger partial charge < -0.3 is 20.3 Å². The van der Waals surface area contributed by atoms with Crippen molar-refractivity contribution in [2.24, 2.45) is 0 Å². The molecule has 0 unspecified atom stereocenters. The van der Waals surface area contributed by atoms with Gasteiger partial charge in [0.25, 0.3) is 0 Å². The van der Waals surface area contributed by atoms with E-state index in [-0.39, 0.29) is 19.2 Å². The Kier molecular flexibility index (Phi) is 4.97. The van der Waals surface area contributed by atoms with Gasteiger partial charge in [0.15, 0.2) is 11.5 Å². The van der Waals surface area contributed by atoms with Crippen LogP contribution in [0.15, 0.2) is 24.3 Å². The number of hydrogen-bond acceptors (Lipinski definition) is 4. The predicted octanol–water partition coefficient (Wildman–Crippen LogP) is -0.397. The van der Waals surface area contributed by atoms with Crippen molar-refractivity contribution in [1.29, 1.82) is 0 Å². The van der Waals surface area contributed by atoms with E-state index in [4.69, 9.17) is 20.3 Å². The summed E-state index contributed by atoms with van der Waals surface area (Å²) < 4.78 is 0.